The third-order valence-electron chi connectivity index (χ3n) is 4.53. The summed E-state index contributed by atoms with van der Waals surface area (Å²) in [5.41, 5.74) is 0. The quantitative estimate of drug-likeness (QED) is 0.816. The van der Waals surface area contributed by atoms with Crippen molar-refractivity contribution in [1.82, 2.24) is 10.2 Å². The second-order valence-corrected chi connectivity index (χ2v) is 10.5. The Balaban J connectivity index is 2.71. The van der Waals surface area contributed by atoms with Gasteiger partial charge in [-0.1, -0.05) is 27.2 Å². The van der Waals surface area contributed by atoms with Gasteiger partial charge in [0, 0.05) is 31.7 Å². The zero-order chi connectivity index (χ0) is 16.3. The second-order valence-electron chi connectivity index (χ2n) is 7.63. The Bertz CT molecular complexity index is 412. The van der Waals surface area contributed by atoms with Crippen molar-refractivity contribution in [1.29, 1.82) is 0 Å². The average Bonchev–Trinajstić information content (AvgIpc) is 2.35. The van der Waals surface area contributed by atoms with Crippen LogP contribution < -0.4 is 5.32 Å². The fourth-order valence-electron chi connectivity index (χ4n) is 2.90. The Morgan fingerprint density at radius 1 is 1.29 bits per heavy atom. The van der Waals surface area contributed by atoms with E-state index in [4.69, 9.17) is 0 Å². The first-order chi connectivity index (χ1) is 9.58. The van der Waals surface area contributed by atoms with E-state index in [1.165, 1.54) is 0 Å². The first-order valence-electron chi connectivity index (χ1n) is 8.28. The maximum atomic E-state index is 12.3. The van der Waals surface area contributed by atoms with Crippen molar-refractivity contribution < 1.29 is 8.42 Å². The van der Waals surface area contributed by atoms with Crippen LogP contribution in [0.2, 0.25) is 0 Å². The zero-order valence-electron chi connectivity index (χ0n) is 14.6. The van der Waals surface area contributed by atoms with Gasteiger partial charge in [0.05, 0.1) is 10.5 Å². The summed E-state index contributed by atoms with van der Waals surface area (Å²) < 4.78 is 24.0. The zero-order valence-corrected chi connectivity index (χ0v) is 15.5. The van der Waals surface area contributed by atoms with Crippen molar-refractivity contribution in [3.8, 4) is 0 Å². The molecule has 0 radical (unpaired) electrons. The van der Waals surface area contributed by atoms with Gasteiger partial charge < -0.3 is 5.32 Å². The number of hydrogen-bond donors (Lipinski definition) is 1. The molecule has 0 aromatic carbocycles. The van der Waals surface area contributed by atoms with E-state index < -0.39 is 14.6 Å². The molecule has 2 unspecified atom stereocenters. The molecule has 0 bridgehead atoms. The van der Waals surface area contributed by atoms with Gasteiger partial charge in [0.25, 0.3) is 0 Å². The van der Waals surface area contributed by atoms with E-state index in [-0.39, 0.29) is 5.75 Å². The minimum absolute atomic E-state index is 0.262. The highest BCUT2D eigenvalue weighted by atomic mass is 32.2. The molecular formula is C16H34N2O2S. The molecule has 5 heteroatoms. The molecule has 1 aliphatic heterocycles. The van der Waals surface area contributed by atoms with Gasteiger partial charge in [-0.25, -0.2) is 8.42 Å². The van der Waals surface area contributed by atoms with E-state index in [9.17, 15) is 8.42 Å². The van der Waals surface area contributed by atoms with E-state index >= 15 is 0 Å². The summed E-state index contributed by atoms with van der Waals surface area (Å²) in [5, 5.41) is 3.62. The smallest absolute Gasteiger partial charge is 0.156 e. The van der Waals surface area contributed by atoms with E-state index in [1.54, 1.807) is 20.8 Å². The second kappa shape index (κ2) is 7.42. The normalized spacial score (nSPS) is 25.5. The minimum atomic E-state index is -3.04. The van der Waals surface area contributed by atoms with E-state index in [2.05, 4.69) is 31.0 Å². The molecule has 4 nitrogen and oxygen atoms in total. The molecular weight excluding hydrogens is 284 g/mol. The van der Waals surface area contributed by atoms with Crippen LogP contribution in [0.1, 0.15) is 54.4 Å². The Morgan fingerprint density at radius 2 is 1.90 bits per heavy atom. The fraction of sp³-hybridized carbons (Fsp3) is 1.00. The number of nitrogens with one attached hydrogen (secondary N) is 1. The lowest BCUT2D eigenvalue weighted by Crippen LogP contribution is -2.59. The van der Waals surface area contributed by atoms with Gasteiger partial charge in [0.1, 0.15) is 0 Å². The number of nitrogens with zero attached hydrogens (tertiary/aromatic N) is 1. The fourth-order valence-corrected chi connectivity index (χ4v) is 3.99. The molecule has 2 atom stereocenters. The van der Waals surface area contributed by atoms with Crippen molar-refractivity contribution in [2.75, 3.05) is 25.4 Å². The molecule has 1 fully saturated rings. The van der Waals surface area contributed by atoms with Gasteiger partial charge in [0.2, 0.25) is 0 Å². The molecule has 0 aromatic rings. The van der Waals surface area contributed by atoms with Gasteiger partial charge in [0.15, 0.2) is 9.84 Å². The van der Waals surface area contributed by atoms with Gasteiger partial charge >= 0.3 is 0 Å². The maximum absolute atomic E-state index is 12.3. The predicted octanol–water partition coefficient (Wildman–Crippen LogP) is 2.30. The Labute approximate surface area is 131 Å². The highest BCUT2D eigenvalue weighted by Gasteiger charge is 2.33. The Morgan fingerprint density at radius 3 is 2.38 bits per heavy atom. The number of piperazine rings is 1. The topological polar surface area (TPSA) is 49.4 Å². The van der Waals surface area contributed by atoms with Crippen molar-refractivity contribution in [2.24, 2.45) is 5.92 Å². The third-order valence-corrected chi connectivity index (χ3v) is 7.11. The molecule has 0 amide bonds. The van der Waals surface area contributed by atoms with Crippen molar-refractivity contribution >= 4 is 9.84 Å². The summed E-state index contributed by atoms with van der Waals surface area (Å²) in [4.78, 5) is 2.39. The highest BCUT2D eigenvalue weighted by molar-refractivity contribution is 7.92. The molecule has 0 saturated carbocycles. The van der Waals surface area contributed by atoms with Crippen molar-refractivity contribution in [3.63, 3.8) is 0 Å². The molecule has 1 heterocycles. The SMILES string of the molecule is CCCC1CN(CCS(=O)(=O)C(C)(C)C)C(C(C)C)CN1. The molecule has 21 heavy (non-hydrogen) atoms. The standard InChI is InChI=1S/C16H34N2O2S/c1-7-8-14-12-18(15(11-17-14)13(2)3)9-10-21(19,20)16(4,5)6/h13-15,17H,7-12H2,1-6H3. The minimum Gasteiger partial charge on any atom is -0.311 e. The Kier molecular flexibility index (Phi) is 6.69. The summed E-state index contributed by atoms with van der Waals surface area (Å²) in [6, 6.07) is 0.940. The van der Waals surface area contributed by atoms with Crippen LogP contribution in [0.15, 0.2) is 0 Å². The number of hydrogen-bond acceptors (Lipinski definition) is 4. The lowest BCUT2D eigenvalue weighted by Gasteiger charge is -2.42. The van der Waals surface area contributed by atoms with Gasteiger partial charge in [-0.3, -0.25) is 4.90 Å². The third kappa shape index (κ3) is 5.22. The summed E-state index contributed by atoms with van der Waals surface area (Å²) in [7, 11) is -3.04. The maximum Gasteiger partial charge on any atom is 0.156 e. The molecule has 0 aliphatic carbocycles. The highest BCUT2D eigenvalue weighted by Crippen LogP contribution is 2.20. The van der Waals surface area contributed by atoms with Crippen LogP contribution in [0.25, 0.3) is 0 Å². The summed E-state index contributed by atoms with van der Waals surface area (Å²) in [6.45, 7) is 14.6. The van der Waals surface area contributed by atoms with E-state index in [0.29, 0.717) is 24.5 Å². The molecule has 126 valence electrons. The first-order valence-corrected chi connectivity index (χ1v) is 9.93. The summed E-state index contributed by atoms with van der Waals surface area (Å²) in [5.74, 6) is 0.802. The summed E-state index contributed by atoms with van der Waals surface area (Å²) >= 11 is 0. The molecule has 1 N–H and O–H groups in total. The number of rotatable bonds is 6. The lowest BCUT2D eigenvalue weighted by atomic mass is 9.97. The number of sulfone groups is 1. The van der Waals surface area contributed by atoms with Crippen LogP contribution in [0, 0.1) is 5.92 Å². The van der Waals surface area contributed by atoms with Crippen LogP contribution in [0.4, 0.5) is 0 Å². The first kappa shape index (κ1) is 18.9. The molecule has 0 spiro atoms. The average molecular weight is 319 g/mol. The van der Waals surface area contributed by atoms with E-state index in [0.717, 1.165) is 25.9 Å². The predicted molar refractivity (Wildman–Crippen MR) is 90.4 cm³/mol. The monoisotopic (exact) mass is 318 g/mol. The molecule has 1 saturated heterocycles. The van der Waals surface area contributed by atoms with Crippen LogP contribution in [0.5, 0.6) is 0 Å². The van der Waals surface area contributed by atoms with Crippen molar-refractivity contribution in [2.45, 2.75) is 71.2 Å². The van der Waals surface area contributed by atoms with Gasteiger partial charge in [-0.2, -0.15) is 0 Å². The van der Waals surface area contributed by atoms with Crippen LogP contribution in [0.3, 0.4) is 0 Å². The lowest BCUT2D eigenvalue weighted by molar-refractivity contribution is 0.102. The molecule has 1 aliphatic rings. The largest absolute Gasteiger partial charge is 0.311 e. The van der Waals surface area contributed by atoms with Crippen molar-refractivity contribution in [3.05, 3.63) is 0 Å². The summed E-state index contributed by atoms with van der Waals surface area (Å²) in [6.07, 6.45) is 2.32. The van der Waals surface area contributed by atoms with Gasteiger partial charge in [-0.15, -0.1) is 0 Å². The van der Waals surface area contributed by atoms with Crippen LogP contribution in [-0.4, -0.2) is 55.5 Å². The Hall–Kier alpha value is -0.130. The van der Waals surface area contributed by atoms with Crippen LogP contribution in [-0.2, 0) is 9.84 Å². The van der Waals surface area contributed by atoms with Crippen LogP contribution >= 0.6 is 0 Å². The van der Waals surface area contributed by atoms with Gasteiger partial charge in [-0.05, 0) is 33.1 Å². The molecule has 0 aromatic heterocycles. The van der Waals surface area contributed by atoms with E-state index in [1.807, 2.05) is 0 Å². The molecule has 1 rings (SSSR count).